The van der Waals surface area contributed by atoms with E-state index in [0.717, 1.165) is 44.8 Å². The number of nitrogens with one attached hydrogen (secondary N) is 1. The summed E-state index contributed by atoms with van der Waals surface area (Å²) in [6, 6.07) is 19.0. The molecule has 0 spiro atoms. The molecule has 152 valence electrons. The lowest BCUT2D eigenvalue weighted by Gasteiger charge is -2.34. The maximum atomic E-state index is 11.2. The van der Waals surface area contributed by atoms with Gasteiger partial charge >= 0.3 is 0 Å². The predicted octanol–water partition coefficient (Wildman–Crippen LogP) is 4.42. The normalized spacial score (nSPS) is 24.1. The average molecular weight is 391 g/mol. The molecular weight excluding hydrogens is 360 g/mol. The Morgan fingerprint density at radius 2 is 1.93 bits per heavy atom. The van der Waals surface area contributed by atoms with Crippen molar-refractivity contribution in [1.29, 1.82) is 0 Å². The summed E-state index contributed by atoms with van der Waals surface area (Å²) in [7, 11) is 0. The number of nitrogens with zero attached hydrogens (tertiary/aromatic N) is 1. The van der Waals surface area contributed by atoms with E-state index in [1.54, 1.807) is 0 Å². The van der Waals surface area contributed by atoms with Gasteiger partial charge in [-0.05, 0) is 49.1 Å². The molecule has 2 heterocycles. The van der Waals surface area contributed by atoms with Crippen LogP contribution in [0, 0.1) is 5.41 Å². The average Bonchev–Trinajstić information content (AvgIpc) is 3.40. The van der Waals surface area contributed by atoms with Gasteiger partial charge in [-0.15, -0.1) is 0 Å². The van der Waals surface area contributed by atoms with Crippen LogP contribution in [0.3, 0.4) is 0 Å². The van der Waals surface area contributed by atoms with Crippen molar-refractivity contribution in [1.82, 2.24) is 4.90 Å². The van der Waals surface area contributed by atoms with Crippen molar-refractivity contribution in [3.63, 3.8) is 0 Å². The molecular formula is C25H30N2O2. The van der Waals surface area contributed by atoms with Gasteiger partial charge < -0.3 is 10.1 Å². The van der Waals surface area contributed by atoms with Crippen molar-refractivity contribution in [2.75, 3.05) is 25.0 Å². The first kappa shape index (κ1) is 19.9. The van der Waals surface area contributed by atoms with E-state index >= 15 is 0 Å². The first-order valence-electron chi connectivity index (χ1n) is 10.5. The zero-order chi connectivity index (χ0) is 20.1. The van der Waals surface area contributed by atoms with Gasteiger partial charge in [0.1, 0.15) is 0 Å². The van der Waals surface area contributed by atoms with E-state index in [9.17, 15) is 4.79 Å². The van der Waals surface area contributed by atoms with Crippen molar-refractivity contribution in [3.8, 4) is 0 Å². The summed E-state index contributed by atoms with van der Waals surface area (Å²) < 4.78 is 6.10. The Hall–Kier alpha value is -2.43. The highest BCUT2D eigenvalue weighted by Gasteiger charge is 2.44. The number of likely N-dealkylation sites (tertiary alicyclic amines) is 1. The molecule has 1 unspecified atom stereocenters. The second kappa shape index (κ2) is 8.93. The third-order valence-electron chi connectivity index (χ3n) is 6.19. The maximum Gasteiger partial charge on any atom is 0.221 e. The number of hydrogen-bond acceptors (Lipinski definition) is 3. The first-order chi connectivity index (χ1) is 14.1. The van der Waals surface area contributed by atoms with Crippen molar-refractivity contribution in [3.05, 3.63) is 77.9 Å². The monoisotopic (exact) mass is 390 g/mol. The van der Waals surface area contributed by atoms with E-state index < -0.39 is 0 Å². The summed E-state index contributed by atoms with van der Waals surface area (Å²) in [5, 5.41) is 2.83. The number of amides is 1. The fraction of sp³-hybridized carbons (Fsp3) is 0.400. The smallest absolute Gasteiger partial charge is 0.221 e. The molecule has 1 amide bonds. The molecule has 1 fully saturated rings. The molecule has 0 aliphatic carbocycles. The number of anilines is 1. The summed E-state index contributed by atoms with van der Waals surface area (Å²) in [4.78, 5) is 13.8. The van der Waals surface area contributed by atoms with Gasteiger partial charge in [0.15, 0.2) is 0 Å². The largest absolute Gasteiger partial charge is 0.369 e. The highest BCUT2D eigenvalue weighted by molar-refractivity contribution is 5.88. The standard InChI is InChI=1S/C25H30N2O2/c1-20(28)26-23-11-9-22(10-12-23)18-27-16-15-25(19-27,24-8-5-17-29-24)14-13-21-6-3-2-4-7-21/h2-12,24H,13-19H2,1H3,(H,26,28)/t24?,25-/m1/s1. The lowest BCUT2D eigenvalue weighted by Crippen LogP contribution is -2.38. The molecule has 0 radical (unpaired) electrons. The van der Waals surface area contributed by atoms with Gasteiger partial charge in [0, 0.05) is 31.1 Å². The Morgan fingerprint density at radius 3 is 2.62 bits per heavy atom. The minimum absolute atomic E-state index is 0.0369. The Bertz CT molecular complexity index is 847. The fourth-order valence-electron chi connectivity index (χ4n) is 4.67. The zero-order valence-corrected chi connectivity index (χ0v) is 17.1. The van der Waals surface area contributed by atoms with Gasteiger partial charge in [-0.1, -0.05) is 54.6 Å². The second-order valence-corrected chi connectivity index (χ2v) is 8.37. The number of ether oxygens (including phenoxy) is 1. The topological polar surface area (TPSA) is 41.6 Å². The summed E-state index contributed by atoms with van der Waals surface area (Å²) in [6.45, 7) is 5.36. The van der Waals surface area contributed by atoms with Gasteiger partial charge in [0.05, 0.1) is 12.7 Å². The highest BCUT2D eigenvalue weighted by Crippen LogP contribution is 2.42. The molecule has 2 aliphatic heterocycles. The Morgan fingerprint density at radius 1 is 1.14 bits per heavy atom. The number of rotatable bonds is 7. The molecule has 0 aromatic heterocycles. The number of benzene rings is 2. The SMILES string of the molecule is CC(=O)Nc1ccc(CN2CC[C@@](CCc3ccccc3)(C3C=CCO3)C2)cc1. The number of hydrogen-bond donors (Lipinski definition) is 1. The van der Waals surface area contributed by atoms with E-state index in [1.165, 1.54) is 24.5 Å². The molecule has 0 saturated carbocycles. The molecule has 2 aromatic rings. The molecule has 1 saturated heterocycles. The van der Waals surface area contributed by atoms with Crippen LogP contribution in [0.5, 0.6) is 0 Å². The van der Waals surface area contributed by atoms with Crippen LogP contribution in [0.2, 0.25) is 0 Å². The van der Waals surface area contributed by atoms with Gasteiger partial charge in [-0.3, -0.25) is 9.69 Å². The maximum absolute atomic E-state index is 11.2. The minimum Gasteiger partial charge on any atom is -0.369 e. The lowest BCUT2D eigenvalue weighted by atomic mass is 9.76. The van der Waals surface area contributed by atoms with Crippen LogP contribution in [-0.4, -0.2) is 36.6 Å². The van der Waals surface area contributed by atoms with Crippen LogP contribution >= 0.6 is 0 Å². The molecule has 2 atom stereocenters. The van der Waals surface area contributed by atoms with E-state index in [-0.39, 0.29) is 17.4 Å². The Kier molecular flexibility index (Phi) is 6.12. The fourth-order valence-corrected chi connectivity index (χ4v) is 4.67. The summed E-state index contributed by atoms with van der Waals surface area (Å²) in [6.07, 6.45) is 8.06. The van der Waals surface area contributed by atoms with Crippen molar-refractivity contribution in [2.24, 2.45) is 5.41 Å². The first-order valence-corrected chi connectivity index (χ1v) is 10.5. The van der Waals surface area contributed by atoms with Gasteiger partial charge in [-0.25, -0.2) is 0 Å². The molecule has 4 heteroatoms. The summed E-state index contributed by atoms with van der Waals surface area (Å²) in [5.74, 6) is -0.0369. The van der Waals surface area contributed by atoms with Gasteiger partial charge in [0.2, 0.25) is 5.91 Å². The molecule has 0 bridgehead atoms. The van der Waals surface area contributed by atoms with E-state index in [0.29, 0.717) is 0 Å². The van der Waals surface area contributed by atoms with Crippen LogP contribution in [0.1, 0.15) is 30.9 Å². The van der Waals surface area contributed by atoms with Crippen LogP contribution in [0.4, 0.5) is 5.69 Å². The van der Waals surface area contributed by atoms with Crippen molar-refractivity contribution < 1.29 is 9.53 Å². The van der Waals surface area contributed by atoms with Crippen LogP contribution < -0.4 is 5.32 Å². The molecule has 1 N–H and O–H groups in total. The quantitative estimate of drug-likeness (QED) is 0.712. The number of aryl methyl sites for hydroxylation is 1. The van der Waals surface area contributed by atoms with Crippen LogP contribution in [0.15, 0.2) is 66.7 Å². The van der Waals surface area contributed by atoms with Gasteiger partial charge in [0.25, 0.3) is 0 Å². The van der Waals surface area contributed by atoms with E-state index in [2.05, 4.69) is 64.8 Å². The third kappa shape index (κ3) is 4.95. The van der Waals surface area contributed by atoms with Crippen molar-refractivity contribution in [2.45, 2.75) is 38.8 Å². The predicted molar refractivity (Wildman–Crippen MR) is 117 cm³/mol. The van der Waals surface area contributed by atoms with Crippen molar-refractivity contribution >= 4 is 11.6 Å². The molecule has 2 aliphatic rings. The third-order valence-corrected chi connectivity index (χ3v) is 6.19. The van der Waals surface area contributed by atoms with Crippen LogP contribution in [-0.2, 0) is 22.5 Å². The molecule has 2 aromatic carbocycles. The molecule has 4 rings (SSSR count). The Balaban J connectivity index is 1.41. The highest BCUT2D eigenvalue weighted by atomic mass is 16.5. The second-order valence-electron chi connectivity index (χ2n) is 8.37. The lowest BCUT2D eigenvalue weighted by molar-refractivity contribution is -0.114. The molecule has 4 nitrogen and oxygen atoms in total. The Labute approximate surface area is 173 Å². The van der Waals surface area contributed by atoms with E-state index in [4.69, 9.17) is 4.74 Å². The summed E-state index contributed by atoms with van der Waals surface area (Å²) >= 11 is 0. The van der Waals surface area contributed by atoms with E-state index in [1.807, 2.05) is 12.1 Å². The number of carbonyl (C=O) groups is 1. The zero-order valence-electron chi connectivity index (χ0n) is 17.1. The van der Waals surface area contributed by atoms with Crippen LogP contribution in [0.25, 0.3) is 0 Å². The van der Waals surface area contributed by atoms with Gasteiger partial charge in [-0.2, -0.15) is 0 Å². The summed E-state index contributed by atoms with van der Waals surface area (Å²) in [5.41, 5.74) is 3.71. The molecule has 29 heavy (non-hydrogen) atoms. The number of carbonyl (C=O) groups excluding carboxylic acids is 1. The minimum atomic E-state index is -0.0369.